The number of pyridine rings is 1. The molecular weight excluding hydrogens is 394 g/mol. The Balaban J connectivity index is 1.59. The van der Waals surface area contributed by atoms with Gasteiger partial charge in [-0.2, -0.15) is 4.52 Å². The highest BCUT2D eigenvalue weighted by molar-refractivity contribution is 7.09. The molecule has 0 fully saturated rings. The minimum absolute atomic E-state index is 0.0148. The summed E-state index contributed by atoms with van der Waals surface area (Å²) in [5.74, 6) is -0.0148. The molecule has 0 aliphatic heterocycles. The van der Waals surface area contributed by atoms with Gasteiger partial charge in [0.05, 0.1) is 18.6 Å². The van der Waals surface area contributed by atoms with Crippen molar-refractivity contribution < 1.29 is 4.79 Å². The van der Waals surface area contributed by atoms with E-state index in [2.05, 4.69) is 34.6 Å². The first-order chi connectivity index (χ1) is 14.7. The van der Waals surface area contributed by atoms with E-state index < -0.39 is 0 Å². The third-order valence-electron chi connectivity index (χ3n) is 5.09. The van der Waals surface area contributed by atoms with E-state index in [1.807, 2.05) is 64.9 Å². The monoisotopic (exact) mass is 413 g/mol. The van der Waals surface area contributed by atoms with Crippen LogP contribution >= 0.6 is 11.3 Å². The van der Waals surface area contributed by atoms with Gasteiger partial charge >= 0.3 is 0 Å². The molecule has 0 aliphatic carbocycles. The Morgan fingerprint density at radius 3 is 2.70 bits per heavy atom. The van der Waals surface area contributed by atoms with Crippen molar-refractivity contribution in [2.24, 2.45) is 0 Å². The van der Waals surface area contributed by atoms with Crippen LogP contribution < -0.4 is 0 Å². The molecule has 0 N–H and O–H groups in total. The van der Waals surface area contributed by atoms with Crippen LogP contribution in [0.2, 0.25) is 0 Å². The van der Waals surface area contributed by atoms with E-state index in [9.17, 15) is 4.79 Å². The van der Waals surface area contributed by atoms with Gasteiger partial charge in [0.25, 0.3) is 5.91 Å². The molecule has 7 heteroatoms. The number of fused-ring (bicyclic) bond motifs is 3. The van der Waals surface area contributed by atoms with Crippen LogP contribution in [0.15, 0.2) is 72.1 Å². The Morgan fingerprint density at radius 2 is 1.90 bits per heavy atom. The number of nitrogens with zero attached hydrogens (tertiary/aromatic N) is 5. The third-order valence-corrected chi connectivity index (χ3v) is 5.95. The molecule has 0 spiro atoms. The number of aromatic nitrogens is 4. The molecule has 0 unspecified atom stereocenters. The minimum Gasteiger partial charge on any atom is -0.329 e. The van der Waals surface area contributed by atoms with Crippen LogP contribution in [0.4, 0.5) is 0 Å². The van der Waals surface area contributed by atoms with Crippen molar-refractivity contribution in [3.05, 3.63) is 93.7 Å². The van der Waals surface area contributed by atoms with Gasteiger partial charge in [-0.1, -0.05) is 35.9 Å². The third kappa shape index (κ3) is 3.44. The molecular formula is C23H19N5OS. The fourth-order valence-electron chi connectivity index (χ4n) is 3.66. The van der Waals surface area contributed by atoms with Gasteiger partial charge in [0.15, 0.2) is 5.65 Å². The first kappa shape index (κ1) is 18.4. The summed E-state index contributed by atoms with van der Waals surface area (Å²) < 4.78 is 1.75. The lowest BCUT2D eigenvalue weighted by atomic mass is 10.1. The largest absolute Gasteiger partial charge is 0.329 e. The molecule has 148 valence electrons. The molecule has 0 aliphatic rings. The van der Waals surface area contributed by atoms with Crippen LogP contribution in [-0.2, 0) is 13.1 Å². The van der Waals surface area contributed by atoms with Gasteiger partial charge in [-0.3, -0.25) is 4.79 Å². The zero-order valence-electron chi connectivity index (χ0n) is 16.4. The number of thiophene rings is 1. The number of carbonyl (C=O) groups excluding carboxylic acids is 1. The van der Waals surface area contributed by atoms with Gasteiger partial charge in [-0.15, -0.1) is 16.4 Å². The van der Waals surface area contributed by atoms with Gasteiger partial charge in [0.1, 0.15) is 0 Å². The maximum absolute atomic E-state index is 13.3. The number of benzene rings is 2. The summed E-state index contributed by atoms with van der Waals surface area (Å²) in [6.07, 6.45) is 0. The Bertz CT molecular complexity index is 1330. The van der Waals surface area contributed by atoms with Crippen molar-refractivity contribution in [3.63, 3.8) is 0 Å². The summed E-state index contributed by atoms with van der Waals surface area (Å²) in [7, 11) is 0. The molecule has 2 aromatic carbocycles. The zero-order chi connectivity index (χ0) is 20.5. The molecule has 0 radical (unpaired) electrons. The molecule has 5 aromatic rings. The fraction of sp³-hybridized carbons (Fsp3) is 0.130. The van der Waals surface area contributed by atoms with Gasteiger partial charge in [-0.25, -0.2) is 0 Å². The topological polar surface area (TPSA) is 63.4 Å². The van der Waals surface area contributed by atoms with Crippen LogP contribution in [0.1, 0.15) is 26.4 Å². The van der Waals surface area contributed by atoms with Crippen molar-refractivity contribution in [3.8, 4) is 0 Å². The minimum atomic E-state index is -0.0148. The lowest BCUT2D eigenvalue weighted by Gasteiger charge is -2.23. The zero-order valence-corrected chi connectivity index (χ0v) is 17.2. The van der Waals surface area contributed by atoms with Crippen molar-refractivity contribution in [1.29, 1.82) is 0 Å². The molecule has 1 amide bonds. The number of aryl methyl sites for hydroxylation is 1. The van der Waals surface area contributed by atoms with Gasteiger partial charge < -0.3 is 4.90 Å². The van der Waals surface area contributed by atoms with Crippen LogP contribution in [0, 0.1) is 6.92 Å². The summed E-state index contributed by atoms with van der Waals surface area (Å²) in [5, 5.41) is 15.4. The van der Waals surface area contributed by atoms with E-state index in [0.717, 1.165) is 26.9 Å². The molecule has 3 aromatic heterocycles. The van der Waals surface area contributed by atoms with Crippen LogP contribution in [-0.4, -0.2) is 30.8 Å². The summed E-state index contributed by atoms with van der Waals surface area (Å²) in [4.78, 5) is 16.3. The SMILES string of the molecule is Cc1ccc2c(c1)cc(CN(Cc1cccs1)C(=O)c1ccccc1)c1nnnn12. The van der Waals surface area contributed by atoms with Gasteiger partial charge in [-0.05, 0) is 59.1 Å². The highest BCUT2D eigenvalue weighted by Gasteiger charge is 2.20. The molecule has 0 saturated carbocycles. The lowest BCUT2D eigenvalue weighted by molar-refractivity contribution is 0.0732. The molecule has 0 atom stereocenters. The summed E-state index contributed by atoms with van der Waals surface area (Å²) >= 11 is 1.64. The Morgan fingerprint density at radius 1 is 1.03 bits per heavy atom. The Kier molecular flexibility index (Phi) is 4.72. The number of carbonyl (C=O) groups is 1. The predicted molar refractivity (Wildman–Crippen MR) is 117 cm³/mol. The van der Waals surface area contributed by atoms with Crippen molar-refractivity contribution in [2.75, 3.05) is 0 Å². The van der Waals surface area contributed by atoms with Crippen molar-refractivity contribution in [2.45, 2.75) is 20.0 Å². The van der Waals surface area contributed by atoms with Crippen LogP contribution in [0.3, 0.4) is 0 Å². The second kappa shape index (κ2) is 7.68. The normalized spacial score (nSPS) is 11.2. The molecule has 0 saturated heterocycles. The van der Waals surface area contributed by atoms with E-state index in [1.165, 1.54) is 0 Å². The van der Waals surface area contributed by atoms with Crippen molar-refractivity contribution >= 4 is 33.8 Å². The van der Waals surface area contributed by atoms with E-state index >= 15 is 0 Å². The molecule has 6 nitrogen and oxygen atoms in total. The summed E-state index contributed by atoms with van der Waals surface area (Å²) in [6, 6.07) is 21.7. The maximum Gasteiger partial charge on any atom is 0.254 e. The average Bonchev–Trinajstić information content (AvgIpc) is 3.45. The number of tetrazole rings is 1. The lowest BCUT2D eigenvalue weighted by Crippen LogP contribution is -2.30. The van der Waals surface area contributed by atoms with Crippen LogP contribution in [0.25, 0.3) is 16.6 Å². The summed E-state index contributed by atoms with van der Waals surface area (Å²) in [5.41, 5.74) is 4.36. The smallest absolute Gasteiger partial charge is 0.254 e. The highest BCUT2D eigenvalue weighted by atomic mass is 32.1. The van der Waals surface area contributed by atoms with Gasteiger partial charge in [0.2, 0.25) is 0 Å². The van der Waals surface area contributed by atoms with Crippen molar-refractivity contribution in [1.82, 2.24) is 24.9 Å². The van der Waals surface area contributed by atoms with E-state index in [1.54, 1.807) is 15.9 Å². The quantitative estimate of drug-likeness (QED) is 0.426. The highest BCUT2D eigenvalue weighted by Crippen LogP contribution is 2.24. The number of hydrogen-bond donors (Lipinski definition) is 0. The number of rotatable bonds is 5. The standard InChI is InChI=1S/C23H19N5OS/c1-16-9-10-21-18(12-16)13-19(22-24-25-26-28(21)22)14-27(15-20-8-5-11-30-20)23(29)17-6-3-2-4-7-17/h2-13H,14-15H2,1H3. The molecule has 3 heterocycles. The molecule has 30 heavy (non-hydrogen) atoms. The first-order valence-corrected chi connectivity index (χ1v) is 10.5. The Labute approximate surface area is 177 Å². The fourth-order valence-corrected chi connectivity index (χ4v) is 4.38. The molecule has 5 rings (SSSR count). The van der Waals surface area contributed by atoms with E-state index in [4.69, 9.17) is 0 Å². The van der Waals surface area contributed by atoms with Gasteiger partial charge in [0, 0.05) is 21.4 Å². The second-order valence-corrected chi connectivity index (χ2v) is 8.28. The summed E-state index contributed by atoms with van der Waals surface area (Å²) in [6.45, 7) is 3.01. The number of hydrogen-bond acceptors (Lipinski definition) is 5. The second-order valence-electron chi connectivity index (χ2n) is 7.25. The Hall–Kier alpha value is -3.58. The first-order valence-electron chi connectivity index (χ1n) is 9.66. The van der Waals surface area contributed by atoms with E-state index in [-0.39, 0.29) is 5.91 Å². The molecule has 0 bridgehead atoms. The van der Waals surface area contributed by atoms with Crippen LogP contribution in [0.5, 0.6) is 0 Å². The van der Waals surface area contributed by atoms with E-state index in [0.29, 0.717) is 24.3 Å². The average molecular weight is 414 g/mol. The number of amides is 1. The predicted octanol–water partition coefficient (Wildman–Crippen LogP) is 4.49. The maximum atomic E-state index is 13.3.